The van der Waals surface area contributed by atoms with Crippen molar-refractivity contribution in [2.75, 3.05) is 119 Å². The summed E-state index contributed by atoms with van der Waals surface area (Å²) in [5.41, 5.74) is 7.61. The first-order valence-corrected chi connectivity index (χ1v) is 39.7. The molecule has 0 radical (unpaired) electrons. The number of amides is 3. The number of halogens is 5. The van der Waals surface area contributed by atoms with Crippen LogP contribution in [-0.4, -0.2) is 236 Å². The van der Waals surface area contributed by atoms with Crippen molar-refractivity contribution < 1.29 is 41.0 Å². The predicted octanol–water partition coefficient (Wildman–Crippen LogP) is 10.7. The minimum absolute atomic E-state index is 0.112. The van der Waals surface area contributed by atoms with E-state index in [1.165, 1.54) is 44.3 Å². The number of nitrogens with one attached hydrogen (secondary N) is 5. The van der Waals surface area contributed by atoms with Crippen molar-refractivity contribution in [3.05, 3.63) is 128 Å². The Kier molecular flexibility index (Phi) is 21.0. The largest absolute Gasteiger partial charge is 0.391 e. The number of aliphatic hydroxyl groups excluding tert-OH is 1. The molecule has 1 aliphatic carbocycles. The van der Waals surface area contributed by atoms with Gasteiger partial charge in [-0.05, 0) is 143 Å². The third kappa shape index (κ3) is 16.0. The fourth-order valence-electron chi connectivity index (χ4n) is 15.4. The van der Waals surface area contributed by atoms with E-state index >= 15 is 4.39 Å². The van der Waals surface area contributed by atoms with Crippen LogP contribution in [0.5, 0.6) is 0 Å². The molecule has 1 saturated carbocycles. The highest BCUT2D eigenvalue weighted by molar-refractivity contribution is 7.88. The lowest BCUT2D eigenvalue weighted by atomic mass is 9.83. The molecule has 5 aromatic heterocycles. The Hall–Kier alpha value is -7.58. The average molecular weight is 1530 g/mol. The number of aliphatic hydroxyl groups is 2. The van der Waals surface area contributed by atoms with E-state index in [4.69, 9.17) is 46.4 Å². The zero-order valence-electron chi connectivity index (χ0n) is 58.1. The SMILES string of the molecule is CC(=O)N1CCN(c2cc(C3CC3)cc3[nH]ncc23)CC1(C)C.CN1CC2CN(c3cc(Cl)cc4[nH]ncc34)CCN2C1=O.CS(=O)(=O)N1CCC(F)(c2cc(Cl)cc3[nH]ncc23)CC1.CS(=O)(=O)N1CCC(O)(c2cc(Cl)cc3[nH]ncc23)CC1.OC1CCCN(c2cc(Cl)cc3[nH]ncc23)C1. The van der Waals surface area contributed by atoms with Crippen molar-refractivity contribution in [3.63, 3.8) is 0 Å². The number of piperazine rings is 2. The summed E-state index contributed by atoms with van der Waals surface area (Å²) in [4.78, 5) is 36.5. The van der Waals surface area contributed by atoms with Crippen LogP contribution < -0.4 is 14.7 Å². The van der Waals surface area contributed by atoms with Gasteiger partial charge in [-0.1, -0.05) is 46.4 Å². The Morgan fingerprint density at radius 2 is 0.981 bits per heavy atom. The Morgan fingerprint density at radius 1 is 0.544 bits per heavy atom. The van der Waals surface area contributed by atoms with E-state index in [1.54, 1.807) is 48.5 Å². The summed E-state index contributed by atoms with van der Waals surface area (Å²) >= 11 is 24.5. The number of H-pyrrole nitrogens is 5. The van der Waals surface area contributed by atoms with Crippen LogP contribution in [0, 0.1) is 0 Å². The van der Waals surface area contributed by atoms with Gasteiger partial charge in [0, 0.05) is 169 Å². The third-order valence-corrected chi connectivity index (χ3v) is 24.4. The lowest BCUT2D eigenvalue weighted by Crippen LogP contribution is -2.60. The summed E-state index contributed by atoms with van der Waals surface area (Å²) in [7, 11) is -4.64. The molecule has 7 N–H and O–H groups in total. The number of nitrogens with zero attached hydrogens (tertiary/aromatic N) is 13. The van der Waals surface area contributed by atoms with Gasteiger partial charge in [0.15, 0.2) is 0 Å². The maximum absolute atomic E-state index is 15.3. The summed E-state index contributed by atoms with van der Waals surface area (Å²) in [6.45, 7) is 14.2. The Morgan fingerprint density at radius 3 is 1.47 bits per heavy atom. The summed E-state index contributed by atoms with van der Waals surface area (Å²) in [5, 5.41) is 62.8. The molecule has 6 aliphatic heterocycles. The van der Waals surface area contributed by atoms with E-state index in [1.807, 2.05) is 59.7 Å². The van der Waals surface area contributed by atoms with Gasteiger partial charge in [0.25, 0.3) is 0 Å². The van der Waals surface area contributed by atoms with Gasteiger partial charge in [-0.3, -0.25) is 30.3 Å². The molecule has 17 rings (SSSR count). The van der Waals surface area contributed by atoms with E-state index in [0.717, 1.165) is 121 Å². The third-order valence-electron chi connectivity index (χ3n) is 20.9. The topological polar surface area (TPSA) is 312 Å². The van der Waals surface area contributed by atoms with Gasteiger partial charge in [0.1, 0.15) is 5.67 Å². The number of carbonyl (C=O) groups is 2. The summed E-state index contributed by atoms with van der Waals surface area (Å²) in [6.07, 6.45) is 16.2. The maximum atomic E-state index is 15.3. The molecular formula is C70H85Cl4FN18O8S2. The van der Waals surface area contributed by atoms with Crippen molar-refractivity contribution in [3.8, 4) is 0 Å². The van der Waals surface area contributed by atoms with Crippen molar-refractivity contribution in [1.82, 2.24) is 74.3 Å². The number of hydrogen-bond donors (Lipinski definition) is 7. The van der Waals surface area contributed by atoms with Crippen LogP contribution >= 0.6 is 46.4 Å². The standard InChI is InChI=1S/C18H24N4O.C14H16ClN5O.C13H15ClFN3O2S.C13H16ClN3O3S.C12H14ClN3O/c1-12(23)22-7-6-21(11-18(22,2)3)17-9-14(13-4-5-13)8-16-15(17)10-19-20-16;1-18-7-10-8-19(2-3-20(10)14(18)21)13-5-9(15)4-12-11(13)6-16-17-12;1-21(19,20)18-4-2-13(15,3-5-18)11-6-9(14)7-12-10(11)8-16-17-12;1-21(19,20)17-4-2-13(18,3-5-17)11-6-9(14)7-12-10(11)8-15-16-12;13-8-4-11-10(6-14-15-11)12(5-8)16-3-1-2-9(17)7-16/h8-10,13H,4-7,11H2,1-3H3,(H,19,20);4-6,10H,2-3,7-8H2,1H3,(H,16,17);6-8H,2-5H2,1H3,(H,16,17);6-8,18H,2-5H2,1H3,(H,15,16);4-6,9,17H,1-3,7H2,(H,14,15). The van der Waals surface area contributed by atoms with Gasteiger partial charge < -0.3 is 39.6 Å². The summed E-state index contributed by atoms with van der Waals surface area (Å²) in [6, 6.07) is 19.4. The number of alkyl halides is 1. The van der Waals surface area contributed by atoms with E-state index in [2.05, 4.69) is 91.7 Å². The average Bonchev–Trinajstić information content (AvgIpc) is 1.77. The zero-order valence-corrected chi connectivity index (χ0v) is 62.8. The van der Waals surface area contributed by atoms with E-state index in [-0.39, 0.29) is 55.6 Å². The smallest absolute Gasteiger partial charge is 0.320 e. The maximum Gasteiger partial charge on any atom is 0.320 e. The first-order chi connectivity index (χ1) is 48.9. The van der Waals surface area contributed by atoms with Crippen molar-refractivity contribution in [2.24, 2.45) is 0 Å². The Labute approximate surface area is 616 Å². The number of likely N-dealkylation sites (N-methyl/N-ethyl adjacent to an activating group) is 1. The molecule has 550 valence electrons. The number of aromatic nitrogens is 10. The first-order valence-electron chi connectivity index (χ1n) is 34.4. The molecule has 0 spiro atoms. The van der Waals surface area contributed by atoms with Crippen LogP contribution in [0.1, 0.15) is 94.7 Å². The first kappa shape index (κ1) is 73.7. The van der Waals surface area contributed by atoms with E-state index in [9.17, 15) is 36.6 Å². The number of carbonyl (C=O) groups excluding carboxylic acids is 2. The molecule has 6 saturated heterocycles. The van der Waals surface area contributed by atoms with Crippen LogP contribution in [0.3, 0.4) is 0 Å². The number of piperidine rings is 3. The molecule has 2 atom stereocenters. The number of benzene rings is 5. The molecule has 26 nitrogen and oxygen atoms in total. The number of urea groups is 1. The number of rotatable bonds is 8. The molecule has 10 aromatic rings. The molecule has 103 heavy (non-hydrogen) atoms. The minimum Gasteiger partial charge on any atom is -0.391 e. The van der Waals surface area contributed by atoms with Crippen LogP contribution in [0.2, 0.25) is 20.1 Å². The number of aromatic amines is 5. The number of fused-ring (bicyclic) bond motifs is 6. The molecule has 7 aliphatic rings. The Balaban J connectivity index is 0.000000115. The highest BCUT2D eigenvalue weighted by Gasteiger charge is 2.43. The quantitative estimate of drug-likeness (QED) is 0.0744. The molecule has 11 heterocycles. The van der Waals surface area contributed by atoms with Crippen LogP contribution in [-0.2, 0) is 36.1 Å². The molecule has 3 amide bonds. The van der Waals surface area contributed by atoms with Crippen LogP contribution in [0.15, 0.2) is 91.6 Å². The van der Waals surface area contributed by atoms with Crippen LogP contribution in [0.25, 0.3) is 54.5 Å². The number of β-amino-alcohol motifs (C(OH)–C–C–N with tert-alkyl or cyclic N) is 1. The van der Waals surface area contributed by atoms with Gasteiger partial charge >= 0.3 is 6.03 Å². The Bertz CT molecular complexity index is 4880. The molecule has 7 fully saturated rings. The van der Waals surface area contributed by atoms with Crippen molar-refractivity contribution in [2.45, 2.75) is 107 Å². The van der Waals surface area contributed by atoms with Crippen LogP contribution in [0.4, 0.5) is 26.2 Å². The van der Waals surface area contributed by atoms with Gasteiger partial charge in [-0.25, -0.2) is 34.6 Å². The molecular weight excluding hydrogens is 1450 g/mol. The summed E-state index contributed by atoms with van der Waals surface area (Å²) in [5.74, 6) is 0.878. The second-order valence-electron chi connectivity index (χ2n) is 28.7. The lowest BCUT2D eigenvalue weighted by Gasteiger charge is -2.47. The van der Waals surface area contributed by atoms with Gasteiger partial charge in [-0.15, -0.1) is 0 Å². The minimum atomic E-state index is -3.28. The second kappa shape index (κ2) is 29.4. The number of anilines is 3. The fourth-order valence-corrected chi connectivity index (χ4v) is 17.9. The van der Waals surface area contributed by atoms with E-state index in [0.29, 0.717) is 80.5 Å². The molecule has 33 heteroatoms. The van der Waals surface area contributed by atoms with Gasteiger partial charge in [-0.2, -0.15) is 25.5 Å². The highest BCUT2D eigenvalue weighted by atomic mass is 35.5. The summed E-state index contributed by atoms with van der Waals surface area (Å²) < 4.78 is 64.2. The molecule has 5 aromatic carbocycles. The second-order valence-corrected chi connectivity index (χ2v) is 34.4. The van der Waals surface area contributed by atoms with Gasteiger partial charge in [0.2, 0.25) is 26.0 Å². The van der Waals surface area contributed by atoms with Gasteiger partial charge in [0.05, 0.1) is 94.4 Å². The zero-order chi connectivity index (χ0) is 73.1. The van der Waals surface area contributed by atoms with E-state index < -0.39 is 31.3 Å². The highest BCUT2D eigenvalue weighted by Crippen LogP contribution is 2.46. The predicted molar refractivity (Wildman–Crippen MR) is 402 cm³/mol. The normalized spacial score (nSPS) is 20.8. The lowest BCUT2D eigenvalue weighted by molar-refractivity contribution is -0.134. The molecule has 0 bridgehead atoms. The van der Waals surface area contributed by atoms with Crippen molar-refractivity contribution in [1.29, 1.82) is 0 Å². The number of hydrogen-bond acceptors (Lipinski definition) is 16. The molecule has 2 unspecified atom stereocenters. The fraction of sp³-hybridized carbons (Fsp3) is 0.471. The monoisotopic (exact) mass is 1530 g/mol. The number of sulfonamides is 2. The van der Waals surface area contributed by atoms with Crippen molar-refractivity contribution >= 4 is 150 Å².